The Kier molecular flexibility index (Phi) is 5.69. The van der Waals surface area contributed by atoms with Gasteiger partial charge in [0.25, 0.3) is 0 Å². The van der Waals surface area contributed by atoms with Crippen LogP contribution in [-0.4, -0.2) is 17.7 Å². The van der Waals surface area contributed by atoms with E-state index in [2.05, 4.69) is 0 Å². The first-order valence-electron chi connectivity index (χ1n) is 6.09. The van der Waals surface area contributed by atoms with Crippen molar-refractivity contribution in [2.45, 2.75) is 72.1 Å². The SMILES string of the molecule is CC(C)(CCCC(F)(F)F)CC(=O)OC(C)(C)C. The average Bonchev–Trinajstić information content (AvgIpc) is 1.93. The normalized spacial score (nSPS) is 13.6. The van der Waals surface area contributed by atoms with E-state index >= 15 is 0 Å². The Balaban J connectivity index is 4.11. The van der Waals surface area contributed by atoms with Gasteiger partial charge in [0.15, 0.2) is 0 Å². The number of hydrogen-bond acceptors (Lipinski definition) is 2. The summed E-state index contributed by atoms with van der Waals surface area (Å²) in [5.41, 5.74) is -1.02. The topological polar surface area (TPSA) is 26.3 Å². The molecule has 0 N–H and O–H groups in total. The fraction of sp³-hybridized carbons (Fsp3) is 0.923. The zero-order chi connectivity index (χ0) is 14.6. The minimum Gasteiger partial charge on any atom is -0.460 e. The van der Waals surface area contributed by atoms with Crippen LogP contribution in [0.15, 0.2) is 0 Å². The molecule has 0 rings (SSSR count). The van der Waals surface area contributed by atoms with Gasteiger partial charge in [0.2, 0.25) is 0 Å². The molecule has 0 aliphatic heterocycles. The predicted octanol–water partition coefficient (Wildman–Crippen LogP) is 4.48. The number of alkyl halides is 3. The monoisotopic (exact) mass is 268 g/mol. The fourth-order valence-electron chi connectivity index (χ4n) is 1.62. The molecule has 0 atom stereocenters. The predicted molar refractivity (Wildman–Crippen MR) is 64.1 cm³/mol. The third kappa shape index (κ3) is 10.4. The highest BCUT2D eigenvalue weighted by atomic mass is 19.4. The Morgan fingerprint density at radius 3 is 1.89 bits per heavy atom. The van der Waals surface area contributed by atoms with Gasteiger partial charge >= 0.3 is 12.1 Å². The van der Waals surface area contributed by atoms with Gasteiger partial charge in [0, 0.05) is 6.42 Å². The third-order valence-electron chi connectivity index (χ3n) is 2.36. The van der Waals surface area contributed by atoms with E-state index in [9.17, 15) is 18.0 Å². The first kappa shape index (κ1) is 17.3. The van der Waals surface area contributed by atoms with E-state index in [0.717, 1.165) is 0 Å². The Morgan fingerprint density at radius 1 is 1.00 bits per heavy atom. The van der Waals surface area contributed by atoms with Crippen LogP contribution in [0, 0.1) is 5.41 Å². The van der Waals surface area contributed by atoms with Crippen LogP contribution in [0.4, 0.5) is 13.2 Å². The molecule has 0 radical (unpaired) electrons. The van der Waals surface area contributed by atoms with Gasteiger partial charge in [-0.1, -0.05) is 13.8 Å². The molecule has 0 aliphatic carbocycles. The van der Waals surface area contributed by atoms with Crippen molar-refractivity contribution in [2.24, 2.45) is 5.41 Å². The Bertz CT molecular complexity index is 275. The van der Waals surface area contributed by atoms with Crippen LogP contribution in [0.5, 0.6) is 0 Å². The second-order valence-corrected chi connectivity index (χ2v) is 6.40. The molecule has 108 valence electrons. The van der Waals surface area contributed by atoms with Crippen molar-refractivity contribution in [3.8, 4) is 0 Å². The molecule has 0 heterocycles. The van der Waals surface area contributed by atoms with Crippen molar-refractivity contribution in [1.82, 2.24) is 0 Å². The molecule has 0 aliphatic rings. The van der Waals surface area contributed by atoms with Gasteiger partial charge in [0.05, 0.1) is 6.42 Å². The molecule has 5 heteroatoms. The maximum Gasteiger partial charge on any atom is 0.389 e. The number of carbonyl (C=O) groups is 1. The first-order valence-corrected chi connectivity index (χ1v) is 6.09. The van der Waals surface area contributed by atoms with E-state index in [1.807, 2.05) is 0 Å². The van der Waals surface area contributed by atoms with Crippen LogP contribution in [-0.2, 0) is 9.53 Å². The van der Waals surface area contributed by atoms with Crippen LogP contribution >= 0.6 is 0 Å². The second kappa shape index (κ2) is 5.93. The summed E-state index contributed by atoms with van der Waals surface area (Å²) in [6.07, 6.45) is -4.39. The molecule has 18 heavy (non-hydrogen) atoms. The van der Waals surface area contributed by atoms with Gasteiger partial charge in [-0.25, -0.2) is 0 Å². The molecule has 0 saturated carbocycles. The molecule has 0 aromatic carbocycles. The Morgan fingerprint density at radius 2 is 1.50 bits per heavy atom. The Labute approximate surface area is 107 Å². The van der Waals surface area contributed by atoms with Gasteiger partial charge in [-0.15, -0.1) is 0 Å². The van der Waals surface area contributed by atoms with E-state index in [-0.39, 0.29) is 18.8 Å². The molecule has 0 aromatic heterocycles. The summed E-state index contributed by atoms with van der Waals surface area (Å²) in [5, 5.41) is 0. The fourth-order valence-corrected chi connectivity index (χ4v) is 1.62. The molecule has 0 unspecified atom stereocenters. The highest BCUT2D eigenvalue weighted by molar-refractivity contribution is 5.70. The maximum atomic E-state index is 12.0. The van der Waals surface area contributed by atoms with E-state index in [1.165, 1.54) is 0 Å². The van der Waals surface area contributed by atoms with Crippen molar-refractivity contribution >= 4 is 5.97 Å². The molecule has 0 amide bonds. The number of carbonyl (C=O) groups excluding carboxylic acids is 1. The zero-order valence-corrected chi connectivity index (χ0v) is 11.8. The van der Waals surface area contributed by atoms with Gasteiger partial charge in [0.1, 0.15) is 5.60 Å². The van der Waals surface area contributed by atoms with Gasteiger partial charge in [-0.05, 0) is 39.0 Å². The molecular weight excluding hydrogens is 245 g/mol. The summed E-state index contributed by atoms with van der Waals surface area (Å²) in [6.45, 7) is 8.87. The number of esters is 1. The van der Waals surface area contributed by atoms with Gasteiger partial charge in [-0.2, -0.15) is 13.2 Å². The molecule has 2 nitrogen and oxygen atoms in total. The lowest BCUT2D eigenvalue weighted by Crippen LogP contribution is -2.27. The average molecular weight is 268 g/mol. The summed E-state index contributed by atoms with van der Waals surface area (Å²) in [6, 6.07) is 0. The van der Waals surface area contributed by atoms with Crippen molar-refractivity contribution < 1.29 is 22.7 Å². The third-order valence-corrected chi connectivity index (χ3v) is 2.36. The van der Waals surface area contributed by atoms with Crippen LogP contribution < -0.4 is 0 Å². The summed E-state index contributed by atoms with van der Waals surface area (Å²) in [4.78, 5) is 11.6. The minimum absolute atomic E-state index is 0.0410. The lowest BCUT2D eigenvalue weighted by Gasteiger charge is -2.26. The smallest absolute Gasteiger partial charge is 0.389 e. The summed E-state index contributed by atoms with van der Waals surface area (Å²) in [5.74, 6) is -0.362. The lowest BCUT2D eigenvalue weighted by atomic mass is 9.84. The largest absolute Gasteiger partial charge is 0.460 e. The van der Waals surface area contributed by atoms with Gasteiger partial charge < -0.3 is 4.74 Å². The number of ether oxygens (including phenoxy) is 1. The van der Waals surface area contributed by atoms with Crippen molar-refractivity contribution in [2.75, 3.05) is 0 Å². The minimum atomic E-state index is -4.12. The molecule has 0 bridgehead atoms. The molecule has 0 fully saturated rings. The number of hydrogen-bond donors (Lipinski definition) is 0. The molecule has 0 spiro atoms. The van der Waals surface area contributed by atoms with Crippen LogP contribution in [0.25, 0.3) is 0 Å². The highest BCUT2D eigenvalue weighted by Gasteiger charge is 2.30. The summed E-state index contributed by atoms with van der Waals surface area (Å²) >= 11 is 0. The molecule has 0 aromatic rings. The van der Waals surface area contributed by atoms with Crippen LogP contribution in [0.2, 0.25) is 0 Å². The van der Waals surface area contributed by atoms with Crippen molar-refractivity contribution in [3.63, 3.8) is 0 Å². The lowest BCUT2D eigenvalue weighted by molar-refractivity contribution is -0.157. The number of rotatable bonds is 5. The maximum absolute atomic E-state index is 12.0. The summed E-state index contributed by atoms with van der Waals surface area (Å²) < 4.78 is 41.2. The first-order chi connectivity index (χ1) is 7.81. The Hall–Kier alpha value is -0.740. The zero-order valence-electron chi connectivity index (χ0n) is 11.8. The second-order valence-electron chi connectivity index (χ2n) is 6.40. The van der Waals surface area contributed by atoms with Crippen molar-refractivity contribution in [3.05, 3.63) is 0 Å². The standard InChI is InChI=1S/C13H23F3O2/c1-11(2,3)18-10(17)9-12(4,5)7-6-8-13(14,15)16/h6-9H2,1-5H3. The highest BCUT2D eigenvalue weighted by Crippen LogP contribution is 2.31. The van der Waals surface area contributed by atoms with Crippen molar-refractivity contribution in [1.29, 1.82) is 0 Å². The number of halogens is 3. The van der Waals surface area contributed by atoms with Gasteiger partial charge in [-0.3, -0.25) is 4.79 Å². The van der Waals surface area contributed by atoms with E-state index in [1.54, 1.807) is 34.6 Å². The van der Waals surface area contributed by atoms with Crippen LogP contribution in [0.1, 0.15) is 60.3 Å². The van der Waals surface area contributed by atoms with Crippen LogP contribution in [0.3, 0.4) is 0 Å². The molecule has 0 saturated heterocycles. The van der Waals surface area contributed by atoms with E-state index < -0.39 is 23.6 Å². The van der Waals surface area contributed by atoms with E-state index in [0.29, 0.717) is 6.42 Å². The molecular formula is C13H23F3O2. The quantitative estimate of drug-likeness (QED) is 0.687. The summed E-state index contributed by atoms with van der Waals surface area (Å²) in [7, 11) is 0. The van der Waals surface area contributed by atoms with E-state index in [4.69, 9.17) is 4.74 Å².